The molecule has 12 fully saturated rings. The number of ether oxygens (including phenoxy) is 3. The quantitative estimate of drug-likeness (QED) is 0.164. The fourth-order valence-corrected chi connectivity index (χ4v) is 10.6. The molecule has 4 atom stereocenters. The van der Waals surface area contributed by atoms with Gasteiger partial charge in [0.25, 0.3) is 0 Å². The van der Waals surface area contributed by atoms with Crippen LogP contribution in [0, 0.1) is 58.3 Å². The van der Waals surface area contributed by atoms with Gasteiger partial charge in [-0.05, 0) is 191 Å². The first-order valence-electron chi connectivity index (χ1n) is 31.2. The zero-order chi connectivity index (χ0) is 59.9. The molecule has 12 nitrogen and oxygen atoms in total. The van der Waals surface area contributed by atoms with Crippen molar-refractivity contribution in [3.05, 3.63) is 101 Å². The van der Waals surface area contributed by atoms with Gasteiger partial charge in [-0.2, -0.15) is 0 Å². The van der Waals surface area contributed by atoms with E-state index in [2.05, 4.69) is 97.2 Å². The van der Waals surface area contributed by atoms with E-state index < -0.39 is 19.8 Å². The molecule has 0 saturated carbocycles. The van der Waals surface area contributed by atoms with E-state index in [0.717, 1.165) is 80.1 Å². The molecular weight excluding hydrogens is 1300 g/mol. The summed E-state index contributed by atoms with van der Waals surface area (Å²) in [6.07, 6.45) is 18.4. The molecule has 12 aliphatic rings. The maximum absolute atomic E-state index is 11.1. The zero-order valence-corrected chi connectivity index (χ0v) is 63.5. The molecule has 4 aromatic heterocycles. The summed E-state index contributed by atoms with van der Waals surface area (Å²) >= 11 is 1.01. The third-order valence-corrected chi connectivity index (χ3v) is 16.0. The molecular formula is C68H124B3KN8O4Sn2. The monoisotopic (exact) mass is 1430 g/mol. The molecule has 4 aromatic rings. The Morgan fingerprint density at radius 1 is 0.453 bits per heavy atom. The van der Waals surface area contributed by atoms with E-state index >= 15 is 0 Å². The van der Waals surface area contributed by atoms with Crippen molar-refractivity contribution in [2.75, 3.05) is 78.5 Å². The van der Waals surface area contributed by atoms with Crippen molar-refractivity contribution in [1.82, 2.24) is 39.5 Å². The van der Waals surface area contributed by atoms with Crippen LogP contribution in [0.1, 0.15) is 137 Å². The molecule has 12 saturated heterocycles. The van der Waals surface area contributed by atoms with Crippen LogP contribution in [-0.4, -0.2) is 206 Å². The number of piperidine rings is 12. The Balaban J connectivity index is -0.000000945. The Kier molecular flexibility index (Phi) is 52.8. The van der Waals surface area contributed by atoms with Gasteiger partial charge in [0.2, 0.25) is 17.6 Å². The van der Waals surface area contributed by atoms with Crippen LogP contribution in [0.5, 0.6) is 17.6 Å². The normalized spacial score (nSPS) is 25.5. The number of aromatic nitrogens is 4. The summed E-state index contributed by atoms with van der Waals surface area (Å²) < 4.78 is 18.0. The number of pyridine rings is 4. The molecule has 0 aromatic carbocycles. The van der Waals surface area contributed by atoms with E-state index in [4.69, 9.17) is 21.9 Å². The molecule has 6 radical (unpaired) electrons. The number of nitrogens with zero attached hydrogens (tertiary/aromatic N) is 8. The first-order valence-corrected chi connectivity index (χ1v) is 42.6. The van der Waals surface area contributed by atoms with Crippen molar-refractivity contribution in [3.63, 3.8) is 0 Å². The van der Waals surface area contributed by atoms with E-state index in [-0.39, 0.29) is 87.2 Å². The number of fused-ring (bicyclic) bond motifs is 12. The van der Waals surface area contributed by atoms with E-state index in [1.54, 1.807) is 22.5 Å². The second-order valence-electron chi connectivity index (χ2n) is 23.7. The molecule has 12 aliphatic heterocycles. The van der Waals surface area contributed by atoms with Gasteiger partial charge >= 0.3 is 113 Å². The minimum atomic E-state index is -0.543. The summed E-state index contributed by atoms with van der Waals surface area (Å²) in [6, 6.07) is 16.2. The van der Waals surface area contributed by atoms with E-state index in [0.29, 0.717) is 37.3 Å². The summed E-state index contributed by atoms with van der Waals surface area (Å²) in [5, 5.41) is 11.1. The average Bonchev–Trinajstić information content (AvgIpc) is 3.66. The summed E-state index contributed by atoms with van der Waals surface area (Å²) in [5.41, 5.74) is 5.84. The van der Waals surface area contributed by atoms with Gasteiger partial charge in [-0.1, -0.05) is 108 Å². The predicted octanol–water partition coefficient (Wildman–Crippen LogP) is 10.5. The molecule has 18 heteroatoms. The fourth-order valence-electron chi connectivity index (χ4n) is 10.6. The smallest absolute Gasteiger partial charge is 0.851 e. The van der Waals surface area contributed by atoms with Gasteiger partial charge in [0.15, 0.2) is 0 Å². The Hall–Kier alpha value is -0.771. The topological polar surface area (TPSA) is 115 Å². The molecule has 16 heterocycles. The van der Waals surface area contributed by atoms with Gasteiger partial charge in [-0.3, -0.25) is 19.7 Å². The number of rotatable bonds is 7. The van der Waals surface area contributed by atoms with Crippen molar-refractivity contribution in [2.24, 2.45) is 23.7 Å². The largest absolute Gasteiger partial charge is 1.00 e. The SMILES string of the molecule is C.C.C.C.CC.CC.Cc1ccc(C)nc1.Cc1ccc(O[C@H]2CN3CCC2CC3)nc1.Cc1ccc(O[C@H]2CN3CCC2CC3)nc1.Cc1ccc(O[C@H]2CN3CCC2CC3)nc1.[B]B(C)B(C)C.[CH3][Sn].[CH3][Sn]([CH3])[CH3].[K+].[O-][C@H]1CN2CCC1CC2. The van der Waals surface area contributed by atoms with Crippen LogP contribution in [0.15, 0.2) is 73.3 Å². The van der Waals surface area contributed by atoms with E-state index in [9.17, 15) is 5.11 Å². The van der Waals surface area contributed by atoms with Gasteiger partial charge in [0.1, 0.15) is 18.3 Å². The Labute approximate surface area is 596 Å². The first-order chi connectivity index (χ1) is 39.0. The minimum absolute atomic E-state index is 0. The van der Waals surface area contributed by atoms with Crippen LogP contribution >= 0.6 is 0 Å². The molecule has 8 bridgehead atoms. The molecule has 0 aliphatic carbocycles. The molecule has 478 valence electrons. The van der Waals surface area contributed by atoms with Gasteiger partial charge < -0.3 is 24.2 Å². The van der Waals surface area contributed by atoms with Crippen LogP contribution in [0.25, 0.3) is 0 Å². The zero-order valence-electron chi connectivity index (χ0n) is 54.6. The van der Waals surface area contributed by atoms with E-state index in [1.165, 1.54) is 113 Å². The van der Waals surface area contributed by atoms with Gasteiger partial charge in [-0.15, -0.1) is 6.10 Å². The third kappa shape index (κ3) is 34.8. The van der Waals surface area contributed by atoms with Crippen molar-refractivity contribution >= 4 is 63.1 Å². The summed E-state index contributed by atoms with van der Waals surface area (Å²) in [4.78, 5) is 36.0. The Bertz CT molecular complexity index is 1980. The van der Waals surface area contributed by atoms with Crippen molar-refractivity contribution < 1.29 is 70.7 Å². The molecule has 0 amide bonds. The van der Waals surface area contributed by atoms with Crippen LogP contribution in [0.2, 0.25) is 40.2 Å². The molecule has 86 heavy (non-hydrogen) atoms. The maximum atomic E-state index is 11.1. The van der Waals surface area contributed by atoms with Crippen molar-refractivity contribution in [3.8, 4) is 17.6 Å². The third-order valence-electron chi connectivity index (χ3n) is 16.0. The van der Waals surface area contributed by atoms with Crippen LogP contribution in [0.4, 0.5) is 0 Å². The van der Waals surface area contributed by atoms with Crippen LogP contribution < -0.4 is 70.7 Å². The van der Waals surface area contributed by atoms with Gasteiger partial charge in [0.05, 0.1) is 13.1 Å². The summed E-state index contributed by atoms with van der Waals surface area (Å²) in [5.74, 6) is 5.10. The maximum Gasteiger partial charge on any atom is 1.00 e. The predicted molar refractivity (Wildman–Crippen MR) is 374 cm³/mol. The second kappa shape index (κ2) is 50.7. The van der Waals surface area contributed by atoms with Crippen molar-refractivity contribution in [1.29, 1.82) is 0 Å². The van der Waals surface area contributed by atoms with Crippen LogP contribution in [0.3, 0.4) is 0 Å². The molecule has 16 rings (SSSR count). The van der Waals surface area contributed by atoms with Gasteiger partial charge in [-0.25, -0.2) is 15.0 Å². The van der Waals surface area contributed by atoms with E-state index in [1.807, 2.05) is 118 Å². The Morgan fingerprint density at radius 3 is 0.826 bits per heavy atom. The summed E-state index contributed by atoms with van der Waals surface area (Å²) in [7, 11) is 5.44. The van der Waals surface area contributed by atoms with Crippen LogP contribution in [-0.2, 0) is 0 Å². The Morgan fingerprint density at radius 2 is 0.686 bits per heavy atom. The van der Waals surface area contributed by atoms with Crippen molar-refractivity contribution in [2.45, 2.75) is 208 Å². The molecule has 0 spiro atoms. The number of hydrogen-bond donors (Lipinski definition) is 0. The number of aryl methyl sites for hydroxylation is 5. The minimum Gasteiger partial charge on any atom is -0.851 e. The molecule has 0 unspecified atom stereocenters. The van der Waals surface area contributed by atoms with Gasteiger partial charge in [0, 0.05) is 76.1 Å². The standard InChI is InChI=1S/3C13H18N2O.C7H12NO.C7H9N.C3H9B3.2C2H6.4CH4.4CH3.K.2Sn/c3*1-10-2-3-13(14-8-10)16-12-9-15-6-4-11(12)5-7-15;9-7-5-8-3-1-6(7)2-4-8;1-6-3-4-7(2)8-5-6;1-5(2)6(3)4;2*1-2;;;;;;;;;;;/h3*2-3,8,11-12H,4-7,9H2,1H3;6-7H,1-5H2;3-5H,1-2H3;1-3H3;2*1-2H3;4*1H4;4*1H3;;;/q;;;-1;;;;;;;;;;;;;+1;;/t3*12-;7-;;;;;;;;;;;;;;;/m0000.............../s1. The number of hydrogen-bond acceptors (Lipinski definition) is 12. The summed E-state index contributed by atoms with van der Waals surface area (Å²) in [6.45, 7) is 39.4. The first kappa shape index (κ1) is 89.4. The average molecular weight is 1430 g/mol. The fraction of sp³-hybridized carbons (Fsp3) is 0.706. The second-order valence-corrected chi connectivity index (χ2v) is 32.2. The molecule has 0 N–H and O–H groups in total.